The van der Waals surface area contributed by atoms with Gasteiger partial charge in [-0.3, -0.25) is 0 Å². The van der Waals surface area contributed by atoms with Gasteiger partial charge in [-0.15, -0.1) is 0 Å². The molecule has 0 atom stereocenters. The van der Waals surface area contributed by atoms with Crippen LogP contribution in [0.4, 0.5) is 5.69 Å². The van der Waals surface area contributed by atoms with Gasteiger partial charge in [0.1, 0.15) is 5.15 Å². The lowest BCUT2D eigenvalue weighted by Gasteiger charge is -1.99. The van der Waals surface area contributed by atoms with Crippen LogP contribution in [0.25, 0.3) is 0 Å². The largest absolute Gasteiger partial charge is 0.387 e. The molecule has 0 aromatic carbocycles. The Labute approximate surface area is 72.7 Å². The number of halogens is 2. The minimum atomic E-state index is 0.485. The van der Waals surface area contributed by atoms with Crippen LogP contribution in [0.2, 0.25) is 5.15 Å². The maximum atomic E-state index is 5.65. The smallest absolute Gasteiger partial charge is 0.143 e. The van der Waals surface area contributed by atoms with Gasteiger partial charge in [0.2, 0.25) is 0 Å². The number of aromatic nitrogens is 1. The molecular formula is C6H6BrClN2. The second-order valence-corrected chi connectivity index (χ2v) is 2.96. The molecule has 2 nitrogen and oxygen atoms in total. The van der Waals surface area contributed by atoms with Crippen LogP contribution >= 0.6 is 27.5 Å². The first kappa shape index (κ1) is 7.82. The van der Waals surface area contributed by atoms with Crippen molar-refractivity contribution in [3.05, 3.63) is 21.9 Å². The standard InChI is InChI=1S/C6H6BrClN2/c1-9-4-2-5(7)6(8)10-3-4/h2-3,9H,1H3. The summed E-state index contributed by atoms with van der Waals surface area (Å²) in [5.41, 5.74) is 0.941. The van der Waals surface area contributed by atoms with Crippen LogP contribution in [-0.4, -0.2) is 12.0 Å². The fourth-order valence-electron chi connectivity index (χ4n) is 0.558. The third kappa shape index (κ3) is 1.61. The number of hydrogen-bond acceptors (Lipinski definition) is 2. The van der Waals surface area contributed by atoms with Gasteiger partial charge in [0.05, 0.1) is 16.4 Å². The molecule has 54 valence electrons. The first-order valence-electron chi connectivity index (χ1n) is 2.73. The lowest BCUT2D eigenvalue weighted by Crippen LogP contribution is -1.88. The van der Waals surface area contributed by atoms with Crippen LogP contribution in [0.3, 0.4) is 0 Å². The molecule has 1 heterocycles. The second-order valence-electron chi connectivity index (χ2n) is 1.75. The minimum absolute atomic E-state index is 0.485. The van der Waals surface area contributed by atoms with Crippen LogP contribution in [0.1, 0.15) is 0 Å². The van der Waals surface area contributed by atoms with E-state index in [0.717, 1.165) is 10.2 Å². The van der Waals surface area contributed by atoms with Crippen molar-refractivity contribution in [1.29, 1.82) is 0 Å². The van der Waals surface area contributed by atoms with E-state index in [-0.39, 0.29) is 0 Å². The van der Waals surface area contributed by atoms with Crippen molar-refractivity contribution in [2.24, 2.45) is 0 Å². The molecule has 0 bridgehead atoms. The van der Waals surface area contributed by atoms with Gasteiger partial charge in [-0.2, -0.15) is 0 Å². The fourth-order valence-corrected chi connectivity index (χ4v) is 1.01. The zero-order valence-electron chi connectivity index (χ0n) is 5.36. The summed E-state index contributed by atoms with van der Waals surface area (Å²) in [4.78, 5) is 3.91. The average molecular weight is 221 g/mol. The molecule has 10 heavy (non-hydrogen) atoms. The molecule has 0 saturated heterocycles. The first-order chi connectivity index (χ1) is 4.74. The second kappa shape index (κ2) is 3.21. The van der Waals surface area contributed by atoms with E-state index in [1.807, 2.05) is 13.1 Å². The lowest BCUT2D eigenvalue weighted by molar-refractivity contribution is 1.29. The van der Waals surface area contributed by atoms with Gasteiger partial charge in [-0.05, 0) is 22.0 Å². The summed E-state index contributed by atoms with van der Waals surface area (Å²) in [5, 5.41) is 3.43. The van der Waals surface area contributed by atoms with E-state index in [4.69, 9.17) is 11.6 Å². The molecule has 0 aliphatic rings. The van der Waals surface area contributed by atoms with Crippen molar-refractivity contribution in [2.75, 3.05) is 12.4 Å². The quantitative estimate of drug-likeness (QED) is 0.737. The first-order valence-corrected chi connectivity index (χ1v) is 3.90. The Kier molecular flexibility index (Phi) is 2.51. The van der Waals surface area contributed by atoms with Gasteiger partial charge >= 0.3 is 0 Å². The summed E-state index contributed by atoms with van der Waals surface area (Å²) in [6, 6.07) is 1.87. The van der Waals surface area contributed by atoms with E-state index in [0.29, 0.717) is 5.15 Å². The molecule has 0 radical (unpaired) electrons. The number of nitrogens with zero attached hydrogens (tertiary/aromatic N) is 1. The maximum Gasteiger partial charge on any atom is 0.143 e. The van der Waals surface area contributed by atoms with Crippen LogP contribution < -0.4 is 5.32 Å². The lowest BCUT2D eigenvalue weighted by atomic mass is 10.4. The molecule has 0 amide bonds. The van der Waals surface area contributed by atoms with Crippen molar-refractivity contribution in [1.82, 2.24) is 4.98 Å². The predicted octanol–water partition coefficient (Wildman–Crippen LogP) is 2.54. The third-order valence-electron chi connectivity index (χ3n) is 1.08. The van der Waals surface area contributed by atoms with Gasteiger partial charge in [0, 0.05) is 7.05 Å². The summed E-state index contributed by atoms with van der Waals surface area (Å²) >= 11 is 8.90. The van der Waals surface area contributed by atoms with E-state index in [1.165, 1.54) is 0 Å². The van der Waals surface area contributed by atoms with Crippen LogP contribution in [0.5, 0.6) is 0 Å². The molecule has 0 saturated carbocycles. The van der Waals surface area contributed by atoms with E-state index < -0.39 is 0 Å². The van der Waals surface area contributed by atoms with Gasteiger partial charge in [0.25, 0.3) is 0 Å². The highest BCUT2D eigenvalue weighted by Crippen LogP contribution is 2.22. The Morgan fingerprint density at radius 3 is 2.90 bits per heavy atom. The summed E-state index contributed by atoms with van der Waals surface area (Å²) in [7, 11) is 1.83. The SMILES string of the molecule is CNc1cnc(Cl)c(Br)c1. The maximum absolute atomic E-state index is 5.65. The van der Waals surface area contributed by atoms with Crippen molar-refractivity contribution in [3.63, 3.8) is 0 Å². The Morgan fingerprint density at radius 2 is 2.40 bits per heavy atom. The monoisotopic (exact) mass is 220 g/mol. The average Bonchev–Trinajstić information content (AvgIpc) is 1.95. The Hall–Kier alpha value is -0.280. The highest BCUT2D eigenvalue weighted by atomic mass is 79.9. The zero-order valence-corrected chi connectivity index (χ0v) is 7.70. The molecular weight excluding hydrogens is 215 g/mol. The van der Waals surface area contributed by atoms with E-state index >= 15 is 0 Å². The number of nitrogens with one attached hydrogen (secondary N) is 1. The molecule has 1 aromatic rings. The van der Waals surface area contributed by atoms with Crippen molar-refractivity contribution in [2.45, 2.75) is 0 Å². The van der Waals surface area contributed by atoms with Gasteiger partial charge < -0.3 is 5.32 Å². The zero-order chi connectivity index (χ0) is 7.56. The molecule has 0 aliphatic heterocycles. The third-order valence-corrected chi connectivity index (χ3v) is 2.22. The minimum Gasteiger partial charge on any atom is -0.387 e. The fraction of sp³-hybridized carbons (Fsp3) is 0.167. The van der Waals surface area contributed by atoms with Crippen LogP contribution in [0, 0.1) is 0 Å². The van der Waals surface area contributed by atoms with Crippen molar-refractivity contribution < 1.29 is 0 Å². The highest BCUT2D eigenvalue weighted by molar-refractivity contribution is 9.10. The molecule has 0 unspecified atom stereocenters. The number of anilines is 1. The molecule has 1 N–H and O–H groups in total. The molecule has 0 spiro atoms. The molecule has 4 heteroatoms. The summed E-state index contributed by atoms with van der Waals surface area (Å²) in [5.74, 6) is 0. The van der Waals surface area contributed by atoms with Crippen LogP contribution in [0.15, 0.2) is 16.7 Å². The normalized spacial score (nSPS) is 9.50. The topological polar surface area (TPSA) is 24.9 Å². The summed E-state index contributed by atoms with van der Waals surface area (Å²) in [6.07, 6.45) is 1.67. The Bertz CT molecular complexity index is 239. The van der Waals surface area contributed by atoms with Crippen molar-refractivity contribution >= 4 is 33.2 Å². The summed E-state index contributed by atoms with van der Waals surface area (Å²) < 4.78 is 0.806. The van der Waals surface area contributed by atoms with E-state index in [9.17, 15) is 0 Å². The number of rotatable bonds is 1. The molecule has 1 rings (SSSR count). The molecule has 0 fully saturated rings. The van der Waals surface area contributed by atoms with E-state index in [2.05, 4.69) is 26.2 Å². The molecule has 1 aromatic heterocycles. The Balaban J connectivity index is 3.04. The number of pyridine rings is 1. The molecule has 0 aliphatic carbocycles. The number of hydrogen-bond donors (Lipinski definition) is 1. The van der Waals surface area contributed by atoms with Gasteiger partial charge in [-0.25, -0.2) is 4.98 Å². The van der Waals surface area contributed by atoms with E-state index in [1.54, 1.807) is 6.20 Å². The van der Waals surface area contributed by atoms with Crippen molar-refractivity contribution in [3.8, 4) is 0 Å². The van der Waals surface area contributed by atoms with Gasteiger partial charge in [-0.1, -0.05) is 11.6 Å². The predicted molar refractivity (Wildman–Crippen MR) is 46.5 cm³/mol. The van der Waals surface area contributed by atoms with Crippen LogP contribution in [-0.2, 0) is 0 Å². The Morgan fingerprint density at radius 1 is 1.70 bits per heavy atom. The highest BCUT2D eigenvalue weighted by Gasteiger charge is 1.97. The summed E-state index contributed by atoms with van der Waals surface area (Å²) in [6.45, 7) is 0. The van der Waals surface area contributed by atoms with Gasteiger partial charge in [0.15, 0.2) is 0 Å².